The number of carbonyl (C=O) groups excluding carboxylic acids is 2. The minimum atomic E-state index is 0.0176. The van der Waals surface area contributed by atoms with Gasteiger partial charge in [-0.05, 0) is 78.8 Å². The average Bonchev–Trinajstić information content (AvgIpc) is 4.19. The second-order valence-corrected chi connectivity index (χ2v) is 23.4. The largest absolute Gasteiger partial charge is 0.307 e. The van der Waals surface area contributed by atoms with Gasteiger partial charge in [0.25, 0.3) is 11.8 Å². The zero-order valence-corrected chi connectivity index (χ0v) is 46.3. The van der Waals surface area contributed by atoms with Gasteiger partial charge in [-0.3, -0.25) is 9.59 Å². The van der Waals surface area contributed by atoms with Crippen LogP contribution in [0.1, 0.15) is 244 Å². The number of para-hydroxylation sites is 1. The Balaban J connectivity index is 1.29. The summed E-state index contributed by atoms with van der Waals surface area (Å²) < 4.78 is 0. The van der Waals surface area contributed by atoms with Crippen molar-refractivity contribution in [2.45, 2.75) is 233 Å². The molecule has 0 saturated heterocycles. The minimum absolute atomic E-state index is 0.0176. The summed E-state index contributed by atoms with van der Waals surface area (Å²) in [6.07, 6.45) is 41.1. The van der Waals surface area contributed by atoms with Gasteiger partial charge in [0, 0.05) is 38.8 Å². The van der Waals surface area contributed by atoms with Crippen molar-refractivity contribution in [2.24, 2.45) is 11.8 Å². The monoisotopic (exact) mass is 987 g/mol. The summed E-state index contributed by atoms with van der Waals surface area (Å²) in [5.74, 6) is 0.906. The fourth-order valence-electron chi connectivity index (χ4n) is 11.4. The smallest absolute Gasteiger partial charge is 0.259 e. The summed E-state index contributed by atoms with van der Waals surface area (Å²) in [5, 5.41) is 2.15. The Labute approximate surface area is 435 Å². The Morgan fingerprint density at radius 3 is 1.27 bits per heavy atom. The highest BCUT2D eigenvalue weighted by molar-refractivity contribution is 7.23. The van der Waals surface area contributed by atoms with Crippen LogP contribution in [-0.4, -0.2) is 24.9 Å². The molecule has 6 heteroatoms. The summed E-state index contributed by atoms with van der Waals surface area (Å²) in [7, 11) is 0. The van der Waals surface area contributed by atoms with E-state index in [0.717, 1.165) is 60.3 Å². The van der Waals surface area contributed by atoms with E-state index in [9.17, 15) is 0 Å². The van der Waals surface area contributed by atoms with Crippen molar-refractivity contribution in [3.8, 4) is 20.2 Å². The van der Waals surface area contributed by atoms with Gasteiger partial charge in [0.2, 0.25) is 0 Å². The van der Waals surface area contributed by atoms with Crippen LogP contribution in [0, 0.1) is 11.8 Å². The third-order valence-corrected chi connectivity index (χ3v) is 17.8. The molecule has 0 aliphatic carbocycles. The molecule has 4 heterocycles. The molecule has 2 aliphatic rings. The number of carbonyl (C=O) groups is 2. The molecule has 0 N–H and O–H groups in total. The van der Waals surface area contributed by atoms with Crippen molar-refractivity contribution in [3.63, 3.8) is 0 Å². The van der Waals surface area contributed by atoms with Crippen molar-refractivity contribution in [1.82, 2.24) is 0 Å². The number of hydrogen-bond donors (Lipinski definition) is 0. The molecule has 70 heavy (non-hydrogen) atoms. The SMILES string of the molecule is CCCCCCCCCCC(CCCCCCCC)CN1C(=O)/C(=C2\C(=O)N(CC(CCCCCCCC)CCCCCCCCCC)c3cc(-c4ccc(-c5cccs5)s4)ccc32)c2ccccc21. The van der Waals surface area contributed by atoms with Crippen molar-refractivity contribution in [1.29, 1.82) is 0 Å². The van der Waals surface area contributed by atoms with Gasteiger partial charge in [0.1, 0.15) is 0 Å². The molecule has 2 aromatic heterocycles. The van der Waals surface area contributed by atoms with Gasteiger partial charge in [-0.15, -0.1) is 22.7 Å². The Bertz CT molecular complexity index is 2130. The topological polar surface area (TPSA) is 40.6 Å². The van der Waals surface area contributed by atoms with Crippen molar-refractivity contribution in [3.05, 3.63) is 83.2 Å². The third kappa shape index (κ3) is 16.8. The lowest BCUT2D eigenvalue weighted by molar-refractivity contribution is -0.114. The quantitative estimate of drug-likeness (QED) is 0.0332. The first-order valence-corrected chi connectivity index (χ1v) is 30.9. The Morgan fingerprint density at radius 1 is 0.400 bits per heavy atom. The van der Waals surface area contributed by atoms with Crippen LogP contribution >= 0.6 is 22.7 Å². The van der Waals surface area contributed by atoms with Crippen LogP contribution in [0.2, 0.25) is 0 Å². The fraction of sp³-hybridized carbons (Fsp3) is 0.625. The number of hydrogen-bond acceptors (Lipinski definition) is 4. The maximum atomic E-state index is 15.6. The first-order chi connectivity index (χ1) is 34.5. The molecular weight excluding hydrogens is 893 g/mol. The summed E-state index contributed by atoms with van der Waals surface area (Å²) in [5.41, 5.74) is 6.21. The second-order valence-electron chi connectivity index (χ2n) is 21.3. The number of nitrogens with zero attached hydrogens (tertiary/aromatic N) is 2. The van der Waals surface area contributed by atoms with Gasteiger partial charge in [-0.1, -0.05) is 244 Å². The molecule has 2 atom stereocenters. The molecule has 0 bridgehead atoms. The molecular formula is C64H94N2O2S2. The molecule has 2 aromatic carbocycles. The van der Waals surface area contributed by atoms with Gasteiger partial charge in [0.05, 0.1) is 22.5 Å². The summed E-state index contributed by atoms with van der Waals surface area (Å²) in [6, 6.07) is 23.9. The zero-order chi connectivity index (χ0) is 49.2. The maximum absolute atomic E-state index is 15.6. The van der Waals surface area contributed by atoms with Gasteiger partial charge in [-0.2, -0.15) is 0 Å². The highest BCUT2D eigenvalue weighted by Crippen LogP contribution is 2.49. The van der Waals surface area contributed by atoms with Gasteiger partial charge in [-0.25, -0.2) is 0 Å². The number of rotatable bonds is 38. The summed E-state index contributed by atoms with van der Waals surface area (Å²) >= 11 is 3.61. The molecule has 2 amide bonds. The number of unbranched alkanes of at least 4 members (excludes halogenated alkanes) is 24. The van der Waals surface area contributed by atoms with Crippen LogP contribution in [0.4, 0.5) is 11.4 Å². The van der Waals surface area contributed by atoms with Gasteiger partial charge >= 0.3 is 0 Å². The van der Waals surface area contributed by atoms with Crippen LogP contribution in [0.5, 0.6) is 0 Å². The lowest BCUT2D eigenvalue weighted by Gasteiger charge is -2.25. The van der Waals surface area contributed by atoms with Crippen LogP contribution in [-0.2, 0) is 9.59 Å². The van der Waals surface area contributed by atoms with E-state index in [1.54, 1.807) is 11.3 Å². The highest BCUT2D eigenvalue weighted by Gasteiger charge is 2.43. The van der Waals surface area contributed by atoms with E-state index in [1.165, 1.54) is 194 Å². The molecule has 2 aliphatic heterocycles. The number of fused-ring (bicyclic) bond motifs is 2. The van der Waals surface area contributed by atoms with Crippen molar-refractivity contribution < 1.29 is 9.59 Å². The lowest BCUT2D eigenvalue weighted by Crippen LogP contribution is -2.34. The highest BCUT2D eigenvalue weighted by atomic mass is 32.1. The van der Waals surface area contributed by atoms with Crippen LogP contribution in [0.25, 0.3) is 31.3 Å². The van der Waals surface area contributed by atoms with Crippen LogP contribution in [0.3, 0.4) is 0 Å². The summed E-state index contributed by atoms with van der Waals surface area (Å²) in [6.45, 7) is 10.6. The number of amides is 2. The summed E-state index contributed by atoms with van der Waals surface area (Å²) in [4.78, 5) is 38.9. The van der Waals surface area contributed by atoms with E-state index < -0.39 is 0 Å². The Kier molecular flexibility index (Phi) is 25.4. The molecule has 4 nitrogen and oxygen atoms in total. The Morgan fingerprint density at radius 2 is 0.814 bits per heavy atom. The molecule has 4 aromatic rings. The van der Waals surface area contributed by atoms with Crippen LogP contribution < -0.4 is 9.80 Å². The van der Waals surface area contributed by atoms with E-state index in [2.05, 4.69) is 110 Å². The van der Waals surface area contributed by atoms with Crippen molar-refractivity contribution in [2.75, 3.05) is 22.9 Å². The predicted molar refractivity (Wildman–Crippen MR) is 308 cm³/mol. The predicted octanol–water partition coefficient (Wildman–Crippen LogP) is 20.5. The van der Waals surface area contributed by atoms with E-state index in [0.29, 0.717) is 29.5 Å². The number of thiophene rings is 2. The molecule has 2 unspecified atom stereocenters. The van der Waals surface area contributed by atoms with E-state index in [4.69, 9.17) is 0 Å². The molecule has 0 spiro atoms. The van der Waals surface area contributed by atoms with E-state index in [1.807, 2.05) is 11.3 Å². The average molecular weight is 988 g/mol. The first kappa shape index (κ1) is 55.8. The fourth-order valence-corrected chi connectivity index (χ4v) is 13.2. The van der Waals surface area contributed by atoms with E-state index >= 15 is 9.59 Å². The standard InChI is InChI=1S/C64H94N2O2S2/c1-5-9-13-17-21-23-27-31-37-51(36-29-25-19-15-11-7-3)49-65-56-41-34-33-40-54(56)61(63(65)67)62-55-44-43-53(58-45-46-60(70-58)59-42-35-47-69-59)48-57(55)66(64(62)68)50-52(38-30-26-20-16-12-8-4)39-32-28-24-22-18-14-10-6-2/h33-35,40-48,51-52H,5-32,36-39,49-50H2,1-4H3/b62-61-. The van der Waals surface area contributed by atoms with E-state index in [-0.39, 0.29) is 11.8 Å². The Hall–Kier alpha value is -3.48. The van der Waals surface area contributed by atoms with Crippen LogP contribution in [0.15, 0.2) is 72.1 Å². The molecule has 0 saturated carbocycles. The number of benzene rings is 2. The molecule has 6 rings (SSSR count). The second kappa shape index (κ2) is 31.9. The zero-order valence-electron chi connectivity index (χ0n) is 44.7. The van der Waals surface area contributed by atoms with Gasteiger partial charge < -0.3 is 9.80 Å². The normalized spacial score (nSPS) is 15.4. The van der Waals surface area contributed by atoms with Crippen molar-refractivity contribution >= 4 is 57.0 Å². The minimum Gasteiger partial charge on any atom is -0.307 e. The van der Waals surface area contributed by atoms with Gasteiger partial charge in [0.15, 0.2) is 0 Å². The number of anilines is 2. The molecule has 0 fully saturated rings. The lowest BCUT2D eigenvalue weighted by atomic mass is 9.93. The maximum Gasteiger partial charge on any atom is 0.259 e. The molecule has 384 valence electrons. The first-order valence-electron chi connectivity index (χ1n) is 29.2. The molecule has 0 radical (unpaired) electrons. The third-order valence-electron chi connectivity index (χ3n) is 15.6.